The van der Waals surface area contributed by atoms with Crippen molar-refractivity contribution in [2.75, 3.05) is 20.8 Å². The van der Waals surface area contributed by atoms with Gasteiger partial charge in [0.25, 0.3) is 5.91 Å². The second kappa shape index (κ2) is 8.91. The molecule has 0 spiro atoms. The average Bonchev–Trinajstić information content (AvgIpc) is 3.01. The van der Waals surface area contributed by atoms with Crippen LogP contribution in [-0.2, 0) is 4.79 Å². The zero-order valence-corrected chi connectivity index (χ0v) is 17.4. The summed E-state index contributed by atoms with van der Waals surface area (Å²) in [6, 6.07) is 9.29. The Hall–Kier alpha value is -3.46. The molecule has 0 aromatic heterocycles. The SMILES string of the molecule is CCN1C(=O)/C(=C/c2cc(OC)ccc2OC)SC1=Nc1ccc(C(=O)O)c(O)c1. The molecule has 156 valence electrons. The van der Waals surface area contributed by atoms with Crippen molar-refractivity contribution in [3.05, 3.63) is 52.4 Å². The van der Waals surface area contributed by atoms with Gasteiger partial charge < -0.3 is 19.7 Å². The number of carboxylic acid groups (broad SMARTS) is 1. The molecule has 0 bridgehead atoms. The van der Waals surface area contributed by atoms with E-state index in [9.17, 15) is 14.7 Å². The van der Waals surface area contributed by atoms with E-state index >= 15 is 0 Å². The summed E-state index contributed by atoms with van der Waals surface area (Å²) in [5.41, 5.74) is 0.812. The molecule has 1 amide bonds. The van der Waals surface area contributed by atoms with Crippen molar-refractivity contribution in [1.29, 1.82) is 0 Å². The summed E-state index contributed by atoms with van der Waals surface area (Å²) in [6.45, 7) is 2.23. The van der Waals surface area contributed by atoms with Gasteiger partial charge in [-0.05, 0) is 55.1 Å². The average molecular weight is 428 g/mol. The smallest absolute Gasteiger partial charge is 0.339 e. The molecule has 0 saturated carbocycles. The van der Waals surface area contributed by atoms with Crippen molar-refractivity contribution >= 4 is 40.6 Å². The molecule has 0 aliphatic carbocycles. The molecule has 1 aliphatic rings. The Labute approximate surface area is 177 Å². The van der Waals surface area contributed by atoms with Crippen LogP contribution in [0.4, 0.5) is 5.69 Å². The molecule has 30 heavy (non-hydrogen) atoms. The van der Waals surface area contributed by atoms with Gasteiger partial charge in [-0.1, -0.05) is 0 Å². The highest BCUT2D eigenvalue weighted by Crippen LogP contribution is 2.36. The largest absolute Gasteiger partial charge is 0.507 e. The molecule has 0 radical (unpaired) electrons. The number of rotatable bonds is 6. The van der Waals surface area contributed by atoms with Crippen LogP contribution in [-0.4, -0.2) is 52.9 Å². The topological polar surface area (TPSA) is 109 Å². The Morgan fingerprint density at radius 1 is 1.20 bits per heavy atom. The number of aromatic hydroxyl groups is 1. The van der Waals surface area contributed by atoms with E-state index in [0.717, 1.165) is 0 Å². The predicted molar refractivity (Wildman–Crippen MR) is 115 cm³/mol. The van der Waals surface area contributed by atoms with Gasteiger partial charge in [-0.2, -0.15) is 0 Å². The number of phenols is 1. The maximum absolute atomic E-state index is 12.9. The summed E-state index contributed by atoms with van der Waals surface area (Å²) in [5.74, 6) is -0.603. The maximum Gasteiger partial charge on any atom is 0.339 e. The lowest BCUT2D eigenvalue weighted by molar-refractivity contribution is -0.122. The molecular formula is C21H20N2O6S. The van der Waals surface area contributed by atoms with Crippen molar-refractivity contribution in [2.45, 2.75) is 6.92 Å². The van der Waals surface area contributed by atoms with Crippen molar-refractivity contribution in [2.24, 2.45) is 4.99 Å². The van der Waals surface area contributed by atoms with Crippen molar-refractivity contribution < 1.29 is 29.3 Å². The molecule has 3 rings (SSSR count). The number of amidine groups is 1. The number of carbonyl (C=O) groups is 2. The standard InChI is InChI=1S/C21H20N2O6S/c1-4-23-19(25)18(10-12-9-14(28-2)6-8-17(12)29-3)30-21(23)22-13-5-7-15(20(26)27)16(24)11-13/h5-11,24H,4H2,1-3H3,(H,26,27)/b18-10-,22-21?. The highest BCUT2D eigenvalue weighted by Gasteiger charge is 2.32. The Kier molecular flexibility index (Phi) is 6.31. The van der Waals surface area contributed by atoms with Crippen LogP contribution in [0.3, 0.4) is 0 Å². The summed E-state index contributed by atoms with van der Waals surface area (Å²) >= 11 is 1.18. The lowest BCUT2D eigenvalue weighted by Crippen LogP contribution is -2.28. The molecule has 2 aromatic carbocycles. The number of likely N-dealkylation sites (N-methyl/N-ethyl adjacent to an activating group) is 1. The number of methoxy groups -OCH3 is 2. The highest BCUT2D eigenvalue weighted by molar-refractivity contribution is 8.18. The van der Waals surface area contributed by atoms with Gasteiger partial charge in [0.05, 0.1) is 24.8 Å². The number of nitrogens with zero attached hydrogens (tertiary/aromatic N) is 2. The molecule has 2 aromatic rings. The second-order valence-electron chi connectivity index (χ2n) is 6.17. The lowest BCUT2D eigenvalue weighted by atomic mass is 10.1. The van der Waals surface area contributed by atoms with Crippen LogP contribution in [0, 0.1) is 0 Å². The summed E-state index contributed by atoms with van der Waals surface area (Å²) in [7, 11) is 3.11. The Morgan fingerprint density at radius 3 is 2.57 bits per heavy atom. The minimum Gasteiger partial charge on any atom is -0.507 e. The third kappa shape index (κ3) is 4.25. The summed E-state index contributed by atoms with van der Waals surface area (Å²) < 4.78 is 10.6. The quantitative estimate of drug-likeness (QED) is 0.675. The molecule has 0 atom stereocenters. The van der Waals surface area contributed by atoms with Crippen molar-refractivity contribution in [1.82, 2.24) is 4.90 Å². The minimum atomic E-state index is -1.23. The van der Waals surface area contributed by atoms with E-state index in [4.69, 9.17) is 14.6 Å². The first-order chi connectivity index (χ1) is 14.4. The summed E-state index contributed by atoms with van der Waals surface area (Å²) in [4.78, 5) is 30.3. The van der Waals surface area contributed by atoms with E-state index in [-0.39, 0.29) is 11.5 Å². The number of hydrogen-bond donors (Lipinski definition) is 2. The molecule has 1 saturated heterocycles. The maximum atomic E-state index is 12.9. The van der Waals surface area contributed by atoms with Gasteiger partial charge >= 0.3 is 5.97 Å². The van der Waals surface area contributed by atoms with Crippen LogP contribution in [0.25, 0.3) is 6.08 Å². The third-order valence-corrected chi connectivity index (χ3v) is 5.37. The van der Waals surface area contributed by atoms with Crippen LogP contribution < -0.4 is 9.47 Å². The fraction of sp³-hybridized carbons (Fsp3) is 0.190. The fourth-order valence-electron chi connectivity index (χ4n) is 2.84. The first-order valence-electron chi connectivity index (χ1n) is 8.96. The first kappa shape index (κ1) is 21.3. The Morgan fingerprint density at radius 2 is 1.97 bits per heavy atom. The molecule has 2 N–H and O–H groups in total. The Bertz CT molecular complexity index is 1060. The lowest BCUT2D eigenvalue weighted by Gasteiger charge is -2.12. The minimum absolute atomic E-state index is 0.211. The number of amides is 1. The van der Waals surface area contributed by atoms with Crippen molar-refractivity contribution in [3.63, 3.8) is 0 Å². The monoisotopic (exact) mass is 428 g/mol. The van der Waals surface area contributed by atoms with Crippen LogP contribution in [0.1, 0.15) is 22.8 Å². The van der Waals surface area contributed by atoms with Gasteiger partial charge in [-0.25, -0.2) is 9.79 Å². The van der Waals surface area contributed by atoms with Crippen LogP contribution in [0.15, 0.2) is 46.3 Å². The number of benzene rings is 2. The second-order valence-corrected chi connectivity index (χ2v) is 7.18. The van der Waals surface area contributed by atoms with Gasteiger partial charge in [0.1, 0.15) is 22.8 Å². The summed E-state index contributed by atoms with van der Waals surface area (Å²) in [6.07, 6.45) is 1.71. The summed E-state index contributed by atoms with van der Waals surface area (Å²) in [5, 5.41) is 19.4. The van der Waals surface area contributed by atoms with E-state index in [2.05, 4.69) is 4.99 Å². The van der Waals surface area contributed by atoms with Gasteiger partial charge in [-0.15, -0.1) is 0 Å². The van der Waals surface area contributed by atoms with E-state index in [0.29, 0.717) is 39.4 Å². The molecule has 0 unspecified atom stereocenters. The number of thioether (sulfide) groups is 1. The van der Waals surface area contributed by atoms with E-state index in [1.165, 1.54) is 34.9 Å². The van der Waals surface area contributed by atoms with Gasteiger partial charge in [0.15, 0.2) is 5.17 Å². The van der Waals surface area contributed by atoms with Gasteiger partial charge in [-0.3, -0.25) is 9.69 Å². The number of carbonyl (C=O) groups excluding carboxylic acids is 1. The number of aliphatic imine (C=N–C) groups is 1. The zero-order chi connectivity index (χ0) is 21.8. The first-order valence-corrected chi connectivity index (χ1v) is 9.78. The predicted octanol–water partition coefficient (Wildman–Crippen LogP) is 3.73. The zero-order valence-electron chi connectivity index (χ0n) is 16.6. The van der Waals surface area contributed by atoms with Gasteiger partial charge in [0, 0.05) is 18.2 Å². The fourth-order valence-corrected chi connectivity index (χ4v) is 3.90. The van der Waals surface area contributed by atoms with Crippen molar-refractivity contribution in [3.8, 4) is 17.2 Å². The molecule has 1 fully saturated rings. The molecule has 8 nitrogen and oxygen atoms in total. The molecular weight excluding hydrogens is 408 g/mol. The molecule has 1 heterocycles. The number of ether oxygens (including phenoxy) is 2. The van der Waals surface area contributed by atoms with Crippen LogP contribution in [0.2, 0.25) is 0 Å². The molecule has 1 aliphatic heterocycles. The third-order valence-electron chi connectivity index (χ3n) is 4.36. The Balaban J connectivity index is 1.98. The number of aromatic carboxylic acids is 1. The number of hydrogen-bond acceptors (Lipinski definition) is 7. The molecule has 9 heteroatoms. The van der Waals surface area contributed by atoms with E-state index in [1.807, 2.05) is 6.92 Å². The highest BCUT2D eigenvalue weighted by atomic mass is 32.2. The van der Waals surface area contributed by atoms with Gasteiger partial charge in [0.2, 0.25) is 0 Å². The van der Waals surface area contributed by atoms with Crippen LogP contribution in [0.5, 0.6) is 17.2 Å². The normalized spacial score (nSPS) is 16.4. The van der Waals surface area contributed by atoms with E-state index in [1.54, 1.807) is 38.5 Å². The number of carboxylic acids is 1. The van der Waals surface area contributed by atoms with Crippen LogP contribution >= 0.6 is 11.8 Å². The van der Waals surface area contributed by atoms with E-state index < -0.39 is 11.7 Å².